The van der Waals surface area contributed by atoms with E-state index < -0.39 is 0 Å². The van der Waals surface area contributed by atoms with E-state index in [-0.39, 0.29) is 5.84 Å². The first kappa shape index (κ1) is 14.5. The van der Waals surface area contributed by atoms with Gasteiger partial charge in [-0.05, 0) is 12.0 Å². The molecule has 2 fully saturated rings. The quantitative estimate of drug-likeness (QED) is 0.637. The van der Waals surface area contributed by atoms with Crippen molar-refractivity contribution in [3.8, 4) is 0 Å². The summed E-state index contributed by atoms with van der Waals surface area (Å²) in [6, 6.07) is 8.73. The van der Waals surface area contributed by atoms with E-state index in [9.17, 15) is 0 Å². The maximum absolute atomic E-state index is 7.42. The summed E-state index contributed by atoms with van der Waals surface area (Å²) in [6.45, 7) is 7.20. The molecule has 3 N–H and O–H groups in total. The summed E-state index contributed by atoms with van der Waals surface area (Å²) >= 11 is 0. The molecule has 0 amide bonds. The van der Waals surface area contributed by atoms with Crippen molar-refractivity contribution in [1.82, 2.24) is 9.80 Å². The molecule has 2 aliphatic rings. The third kappa shape index (κ3) is 3.61. The summed E-state index contributed by atoms with van der Waals surface area (Å²) in [6.07, 6.45) is 1.26. The molecule has 0 radical (unpaired) electrons. The summed E-state index contributed by atoms with van der Waals surface area (Å²) in [5.74, 6) is 0.134. The Morgan fingerprint density at radius 1 is 1.19 bits per heavy atom. The van der Waals surface area contributed by atoms with Crippen LogP contribution < -0.4 is 5.73 Å². The second-order valence-electron chi connectivity index (χ2n) is 5.94. The smallest absolute Gasteiger partial charge is 0.122 e. The van der Waals surface area contributed by atoms with Crippen molar-refractivity contribution in [2.45, 2.75) is 19.0 Å². The third-order valence-electron chi connectivity index (χ3n) is 4.48. The summed E-state index contributed by atoms with van der Waals surface area (Å²) in [5.41, 5.74) is 7.58. The number of nitrogens with zero attached hydrogens (tertiary/aromatic N) is 2. The zero-order valence-corrected chi connectivity index (χ0v) is 12.4. The lowest BCUT2D eigenvalue weighted by Crippen LogP contribution is -2.44. The molecule has 1 unspecified atom stereocenters. The number of benzene rings is 1. The van der Waals surface area contributed by atoms with Crippen molar-refractivity contribution in [1.29, 1.82) is 5.41 Å². The number of morpholine rings is 1. The number of likely N-dealkylation sites (tertiary alicyclic amines) is 1. The van der Waals surface area contributed by atoms with Crippen LogP contribution in [0.5, 0.6) is 0 Å². The Balaban J connectivity index is 1.53. The van der Waals surface area contributed by atoms with Crippen LogP contribution in [0.15, 0.2) is 24.3 Å². The van der Waals surface area contributed by atoms with Crippen LogP contribution in [0.1, 0.15) is 17.5 Å². The van der Waals surface area contributed by atoms with Crippen molar-refractivity contribution in [2.24, 2.45) is 5.73 Å². The standard InChI is InChI=1S/C16H24N4O/c17-16(18)14-3-1-13(2-4-14)11-19-6-5-15(12-19)20-7-9-21-10-8-20/h1-4,15H,5-12H2,(H3,17,18). The lowest BCUT2D eigenvalue weighted by Gasteiger charge is -2.32. The van der Waals surface area contributed by atoms with Gasteiger partial charge in [0.15, 0.2) is 0 Å². The van der Waals surface area contributed by atoms with Gasteiger partial charge in [-0.25, -0.2) is 0 Å². The minimum Gasteiger partial charge on any atom is -0.384 e. The molecule has 0 spiro atoms. The van der Waals surface area contributed by atoms with E-state index >= 15 is 0 Å². The molecule has 0 aliphatic carbocycles. The Morgan fingerprint density at radius 2 is 1.90 bits per heavy atom. The lowest BCUT2D eigenvalue weighted by molar-refractivity contribution is 0.0184. The molecule has 5 heteroatoms. The van der Waals surface area contributed by atoms with Gasteiger partial charge in [0.1, 0.15) is 5.84 Å². The Bertz CT molecular complexity index is 482. The molecule has 1 aromatic carbocycles. The van der Waals surface area contributed by atoms with Crippen LogP contribution in [0.25, 0.3) is 0 Å². The molecular formula is C16H24N4O. The predicted molar refractivity (Wildman–Crippen MR) is 83.5 cm³/mol. The zero-order valence-electron chi connectivity index (χ0n) is 12.4. The second-order valence-corrected chi connectivity index (χ2v) is 5.94. The molecule has 1 atom stereocenters. The number of amidine groups is 1. The van der Waals surface area contributed by atoms with Crippen LogP contribution in [-0.2, 0) is 11.3 Å². The second kappa shape index (κ2) is 6.56. The van der Waals surface area contributed by atoms with Gasteiger partial charge in [0, 0.05) is 44.3 Å². The predicted octanol–water partition coefficient (Wildman–Crippen LogP) is 0.877. The summed E-state index contributed by atoms with van der Waals surface area (Å²) in [4.78, 5) is 5.09. The number of hydrogen-bond acceptors (Lipinski definition) is 4. The molecule has 2 aliphatic heterocycles. The fourth-order valence-electron chi connectivity index (χ4n) is 3.24. The van der Waals surface area contributed by atoms with Gasteiger partial charge in [0.05, 0.1) is 13.2 Å². The summed E-state index contributed by atoms with van der Waals surface area (Å²) in [7, 11) is 0. The largest absolute Gasteiger partial charge is 0.384 e. The van der Waals surface area contributed by atoms with Gasteiger partial charge in [-0.2, -0.15) is 0 Å². The van der Waals surface area contributed by atoms with Crippen LogP contribution in [0, 0.1) is 5.41 Å². The third-order valence-corrected chi connectivity index (χ3v) is 4.48. The molecule has 0 bridgehead atoms. The number of nitrogens with one attached hydrogen (secondary N) is 1. The highest BCUT2D eigenvalue weighted by Gasteiger charge is 2.28. The van der Waals surface area contributed by atoms with E-state index in [0.717, 1.165) is 51.5 Å². The maximum atomic E-state index is 7.42. The van der Waals surface area contributed by atoms with E-state index in [1.807, 2.05) is 12.1 Å². The Labute approximate surface area is 126 Å². The average molecular weight is 288 g/mol. The van der Waals surface area contributed by atoms with E-state index in [2.05, 4.69) is 21.9 Å². The van der Waals surface area contributed by atoms with Gasteiger partial charge in [0.2, 0.25) is 0 Å². The molecular weight excluding hydrogens is 264 g/mol. The van der Waals surface area contributed by atoms with Gasteiger partial charge in [-0.1, -0.05) is 24.3 Å². The van der Waals surface area contributed by atoms with E-state index in [0.29, 0.717) is 6.04 Å². The SMILES string of the molecule is N=C(N)c1ccc(CN2CCC(N3CCOCC3)C2)cc1. The number of nitrogens with two attached hydrogens (primary N) is 1. The maximum Gasteiger partial charge on any atom is 0.122 e. The van der Waals surface area contributed by atoms with E-state index in [1.165, 1.54) is 12.0 Å². The van der Waals surface area contributed by atoms with E-state index in [4.69, 9.17) is 15.9 Å². The van der Waals surface area contributed by atoms with Gasteiger partial charge >= 0.3 is 0 Å². The highest BCUT2D eigenvalue weighted by molar-refractivity contribution is 5.94. The first-order chi connectivity index (χ1) is 10.2. The zero-order chi connectivity index (χ0) is 14.7. The van der Waals surface area contributed by atoms with Crippen molar-refractivity contribution >= 4 is 5.84 Å². The number of hydrogen-bond donors (Lipinski definition) is 2. The van der Waals surface area contributed by atoms with Crippen LogP contribution in [0.2, 0.25) is 0 Å². The lowest BCUT2D eigenvalue weighted by atomic mass is 10.1. The van der Waals surface area contributed by atoms with Gasteiger partial charge in [-0.3, -0.25) is 15.2 Å². The van der Waals surface area contributed by atoms with Crippen molar-refractivity contribution in [2.75, 3.05) is 39.4 Å². The fourth-order valence-corrected chi connectivity index (χ4v) is 3.24. The van der Waals surface area contributed by atoms with E-state index in [1.54, 1.807) is 0 Å². The minimum absolute atomic E-state index is 0.134. The Kier molecular flexibility index (Phi) is 4.53. The minimum atomic E-state index is 0.134. The molecule has 3 rings (SSSR count). The molecule has 2 heterocycles. The summed E-state index contributed by atoms with van der Waals surface area (Å²) in [5, 5.41) is 7.42. The Morgan fingerprint density at radius 3 is 2.57 bits per heavy atom. The van der Waals surface area contributed by atoms with Gasteiger partial charge in [0.25, 0.3) is 0 Å². The first-order valence-corrected chi connectivity index (χ1v) is 7.70. The Hall–Kier alpha value is -1.43. The van der Waals surface area contributed by atoms with Crippen molar-refractivity contribution in [3.05, 3.63) is 35.4 Å². The van der Waals surface area contributed by atoms with Crippen molar-refractivity contribution in [3.63, 3.8) is 0 Å². The molecule has 0 aromatic heterocycles. The highest BCUT2D eigenvalue weighted by atomic mass is 16.5. The van der Waals surface area contributed by atoms with Crippen LogP contribution >= 0.6 is 0 Å². The summed E-state index contributed by atoms with van der Waals surface area (Å²) < 4.78 is 5.43. The number of nitrogen functional groups attached to an aromatic ring is 1. The highest BCUT2D eigenvalue weighted by Crippen LogP contribution is 2.19. The van der Waals surface area contributed by atoms with Crippen LogP contribution in [0.3, 0.4) is 0 Å². The molecule has 114 valence electrons. The molecule has 0 saturated carbocycles. The molecule has 21 heavy (non-hydrogen) atoms. The average Bonchev–Trinajstić information content (AvgIpc) is 2.97. The number of rotatable bonds is 4. The molecule has 5 nitrogen and oxygen atoms in total. The monoisotopic (exact) mass is 288 g/mol. The van der Waals surface area contributed by atoms with Crippen molar-refractivity contribution < 1.29 is 4.74 Å². The number of ether oxygens (including phenoxy) is 1. The van der Waals surface area contributed by atoms with Gasteiger partial charge < -0.3 is 10.5 Å². The molecule has 1 aromatic rings. The van der Waals surface area contributed by atoms with Gasteiger partial charge in [-0.15, -0.1) is 0 Å². The normalized spacial score (nSPS) is 24.3. The van der Waals surface area contributed by atoms with Crippen LogP contribution in [0.4, 0.5) is 0 Å². The topological polar surface area (TPSA) is 65.6 Å². The first-order valence-electron chi connectivity index (χ1n) is 7.70. The fraction of sp³-hybridized carbons (Fsp3) is 0.562. The van der Waals surface area contributed by atoms with Crippen LogP contribution in [-0.4, -0.2) is 61.1 Å². The molecule has 2 saturated heterocycles.